The first-order valence-corrected chi connectivity index (χ1v) is 11.5. The van der Waals surface area contributed by atoms with Crippen molar-refractivity contribution in [1.29, 1.82) is 0 Å². The van der Waals surface area contributed by atoms with Gasteiger partial charge in [0, 0.05) is 35.1 Å². The molecule has 0 atom stereocenters. The van der Waals surface area contributed by atoms with E-state index in [0.29, 0.717) is 24.0 Å². The van der Waals surface area contributed by atoms with Gasteiger partial charge in [-0.1, -0.05) is 50.9 Å². The highest BCUT2D eigenvalue weighted by molar-refractivity contribution is 5.88. The van der Waals surface area contributed by atoms with Crippen molar-refractivity contribution in [2.75, 3.05) is 13.2 Å². The van der Waals surface area contributed by atoms with E-state index in [2.05, 4.69) is 19.7 Å². The van der Waals surface area contributed by atoms with Crippen LogP contribution in [0.2, 0.25) is 0 Å². The Kier molecular flexibility index (Phi) is 12.3. The van der Waals surface area contributed by atoms with E-state index in [4.69, 9.17) is 14.2 Å². The van der Waals surface area contributed by atoms with Crippen LogP contribution in [0.1, 0.15) is 52.2 Å². The molecule has 0 spiro atoms. The van der Waals surface area contributed by atoms with E-state index in [9.17, 15) is 18.8 Å². The summed E-state index contributed by atoms with van der Waals surface area (Å²) in [5.41, 5.74) is 2.68. The van der Waals surface area contributed by atoms with Gasteiger partial charge in [0.2, 0.25) is 0 Å². The first-order chi connectivity index (χ1) is 16.8. The zero-order chi connectivity index (χ0) is 27.4. The van der Waals surface area contributed by atoms with E-state index in [1.165, 1.54) is 13.0 Å². The summed E-state index contributed by atoms with van der Waals surface area (Å²) in [6.45, 7) is 18.7. The third kappa shape index (κ3) is 10.3. The minimum Gasteiger partial charge on any atom is -0.462 e. The van der Waals surface area contributed by atoms with Crippen LogP contribution in [0.5, 0.6) is 0 Å². The fraction of sp³-hybridized carbons (Fsp3) is 0.345. The molecule has 0 radical (unpaired) electrons. The van der Waals surface area contributed by atoms with Gasteiger partial charge >= 0.3 is 17.9 Å². The van der Waals surface area contributed by atoms with Gasteiger partial charge in [-0.2, -0.15) is 0 Å². The zero-order valence-corrected chi connectivity index (χ0v) is 21.7. The van der Waals surface area contributed by atoms with E-state index >= 15 is 0 Å². The van der Waals surface area contributed by atoms with E-state index < -0.39 is 23.7 Å². The molecule has 1 aromatic carbocycles. The maximum absolute atomic E-state index is 14.8. The van der Waals surface area contributed by atoms with Crippen molar-refractivity contribution in [3.63, 3.8) is 0 Å². The zero-order valence-electron chi connectivity index (χ0n) is 21.7. The van der Waals surface area contributed by atoms with Crippen LogP contribution in [0, 0.1) is 5.92 Å². The van der Waals surface area contributed by atoms with Gasteiger partial charge < -0.3 is 14.2 Å². The van der Waals surface area contributed by atoms with Crippen molar-refractivity contribution in [3.05, 3.63) is 89.5 Å². The van der Waals surface area contributed by atoms with Gasteiger partial charge in [-0.25, -0.2) is 18.8 Å². The molecule has 194 valence electrons. The Morgan fingerprint density at radius 2 is 1.33 bits per heavy atom. The molecule has 0 N–H and O–H groups in total. The number of hydrogen-bond donors (Lipinski definition) is 0. The van der Waals surface area contributed by atoms with Crippen LogP contribution in [0.4, 0.5) is 4.39 Å². The number of rotatable bonds is 13. The number of halogens is 1. The largest absolute Gasteiger partial charge is 0.462 e. The quantitative estimate of drug-likeness (QED) is 0.106. The Balaban J connectivity index is 3.02. The molecular weight excluding hydrogens is 463 g/mol. The number of ether oxygens (including phenoxy) is 3. The van der Waals surface area contributed by atoms with Crippen molar-refractivity contribution < 1.29 is 33.0 Å². The highest BCUT2D eigenvalue weighted by Gasteiger charge is 2.17. The minimum atomic E-state index is -0.602. The summed E-state index contributed by atoms with van der Waals surface area (Å²) < 4.78 is 30.5. The highest BCUT2D eigenvalue weighted by Crippen LogP contribution is 2.24. The lowest BCUT2D eigenvalue weighted by molar-refractivity contribution is -0.144. The lowest BCUT2D eigenvalue weighted by atomic mass is 9.98. The molecule has 1 aromatic rings. The molecule has 7 heteroatoms. The molecular formula is C29H35FO6. The standard InChI is InChI=1S/C29H35FO6/c1-9-25(36-29(33)20(6)7)15-26(30)21(8)24-12-10-22(11-13-24)14-23(16-34-27(31)18(2)3)17-35-28(32)19(4)5/h10-13,15,23H,2,4,6,9,14,16-17H2,1,3,5,7-8H3/b25-15+,26-21-. The average Bonchev–Trinajstić information content (AvgIpc) is 2.84. The van der Waals surface area contributed by atoms with E-state index in [0.717, 1.165) is 5.56 Å². The second kappa shape index (κ2) is 14.6. The van der Waals surface area contributed by atoms with Crippen molar-refractivity contribution in [1.82, 2.24) is 0 Å². The Morgan fingerprint density at radius 3 is 1.75 bits per heavy atom. The second-order valence-electron chi connectivity index (χ2n) is 8.63. The summed E-state index contributed by atoms with van der Waals surface area (Å²) in [5.74, 6) is -2.26. The summed E-state index contributed by atoms with van der Waals surface area (Å²) in [6, 6.07) is 7.18. The molecule has 6 nitrogen and oxygen atoms in total. The van der Waals surface area contributed by atoms with Gasteiger partial charge in [-0.05, 0) is 50.8 Å². The maximum Gasteiger partial charge on any atom is 0.338 e. The minimum absolute atomic E-state index is 0.0396. The lowest BCUT2D eigenvalue weighted by Crippen LogP contribution is -2.23. The molecule has 0 fully saturated rings. The Hall–Kier alpha value is -3.74. The molecule has 0 aliphatic rings. The molecule has 0 aromatic heterocycles. The maximum atomic E-state index is 14.8. The number of carbonyl (C=O) groups is 3. The number of allylic oxidation sites excluding steroid dienone is 4. The van der Waals surface area contributed by atoms with Crippen molar-refractivity contribution in [2.24, 2.45) is 5.92 Å². The molecule has 0 heterocycles. The smallest absolute Gasteiger partial charge is 0.338 e. The predicted molar refractivity (Wildman–Crippen MR) is 138 cm³/mol. The third-order valence-electron chi connectivity index (χ3n) is 5.08. The summed E-state index contributed by atoms with van der Waals surface area (Å²) in [5, 5.41) is 0. The normalized spacial score (nSPS) is 11.9. The van der Waals surface area contributed by atoms with Gasteiger partial charge in [-0.3, -0.25) is 0 Å². The van der Waals surface area contributed by atoms with Crippen molar-refractivity contribution >= 4 is 23.5 Å². The average molecular weight is 499 g/mol. The summed E-state index contributed by atoms with van der Waals surface area (Å²) in [6.07, 6.45) is 1.99. The van der Waals surface area contributed by atoms with Crippen molar-refractivity contribution in [3.8, 4) is 0 Å². The topological polar surface area (TPSA) is 78.9 Å². The lowest BCUT2D eigenvalue weighted by Gasteiger charge is -2.18. The van der Waals surface area contributed by atoms with Crippen LogP contribution >= 0.6 is 0 Å². The van der Waals surface area contributed by atoms with Crippen LogP contribution in [0.15, 0.2) is 78.4 Å². The molecule has 36 heavy (non-hydrogen) atoms. The number of benzene rings is 1. The highest BCUT2D eigenvalue weighted by atomic mass is 19.1. The molecule has 0 unspecified atom stereocenters. The SMILES string of the molecule is C=C(C)C(=O)OCC(COC(=O)C(=C)C)Cc1ccc(/C(C)=C(F)/C=C(\CC)OC(=O)C(=C)C)cc1. The number of hydrogen-bond acceptors (Lipinski definition) is 6. The molecule has 0 aliphatic heterocycles. The van der Waals surface area contributed by atoms with Gasteiger partial charge in [0.1, 0.15) is 11.6 Å². The van der Waals surface area contributed by atoms with Crippen LogP contribution in [0.3, 0.4) is 0 Å². The first kappa shape index (κ1) is 30.3. The molecule has 0 bridgehead atoms. The van der Waals surface area contributed by atoms with Crippen LogP contribution in [0.25, 0.3) is 5.57 Å². The third-order valence-corrected chi connectivity index (χ3v) is 5.08. The molecule has 0 saturated carbocycles. The van der Waals surface area contributed by atoms with E-state index in [-0.39, 0.29) is 41.6 Å². The summed E-state index contributed by atoms with van der Waals surface area (Å²) in [4.78, 5) is 35.3. The molecule has 1 rings (SSSR count). The van der Waals surface area contributed by atoms with E-state index in [1.54, 1.807) is 39.8 Å². The monoisotopic (exact) mass is 498 g/mol. The van der Waals surface area contributed by atoms with Gasteiger partial charge in [-0.15, -0.1) is 0 Å². The van der Waals surface area contributed by atoms with E-state index in [1.807, 2.05) is 12.1 Å². The Morgan fingerprint density at radius 1 is 0.861 bits per heavy atom. The predicted octanol–water partition coefficient (Wildman–Crippen LogP) is 6.20. The first-order valence-electron chi connectivity index (χ1n) is 11.5. The van der Waals surface area contributed by atoms with Gasteiger partial charge in [0.05, 0.1) is 13.2 Å². The Labute approximate surface area is 212 Å². The summed E-state index contributed by atoms with van der Waals surface area (Å²) in [7, 11) is 0. The van der Waals surface area contributed by atoms with Gasteiger partial charge in [0.25, 0.3) is 0 Å². The summed E-state index contributed by atoms with van der Waals surface area (Å²) >= 11 is 0. The fourth-order valence-corrected chi connectivity index (χ4v) is 2.82. The van der Waals surface area contributed by atoms with Crippen LogP contribution < -0.4 is 0 Å². The van der Waals surface area contributed by atoms with Crippen molar-refractivity contribution in [2.45, 2.75) is 47.5 Å². The van der Waals surface area contributed by atoms with Crippen LogP contribution in [-0.4, -0.2) is 31.1 Å². The fourth-order valence-electron chi connectivity index (χ4n) is 2.82. The Bertz CT molecular complexity index is 1050. The second-order valence-corrected chi connectivity index (χ2v) is 8.63. The molecule has 0 saturated heterocycles. The molecule has 0 amide bonds. The number of carbonyl (C=O) groups excluding carboxylic acids is 3. The van der Waals surface area contributed by atoms with Gasteiger partial charge in [0.15, 0.2) is 0 Å². The van der Waals surface area contributed by atoms with Crippen LogP contribution in [-0.2, 0) is 35.0 Å². The molecule has 0 aliphatic carbocycles. The number of esters is 3.